The maximum atomic E-state index is 4.32. The Balaban J connectivity index is 2.18. The molecule has 70 valence electrons. The monoisotopic (exact) mass is 193 g/mol. The molecule has 1 nitrogen and oxygen atoms in total. The van der Waals surface area contributed by atoms with Gasteiger partial charge in [-0.25, -0.2) is 0 Å². The highest BCUT2D eigenvalue weighted by atomic mass is 31.0. The van der Waals surface area contributed by atoms with Gasteiger partial charge in [0.05, 0.1) is 5.44 Å². The number of nitrogens with zero attached hydrogens (tertiary/aromatic N) is 1. The SMILES string of the molecule is Pc1ncccc1C1CCCCC1. The van der Waals surface area contributed by atoms with Gasteiger partial charge in [0.15, 0.2) is 0 Å². The summed E-state index contributed by atoms with van der Waals surface area (Å²) in [4.78, 5) is 4.32. The average molecular weight is 193 g/mol. The fraction of sp³-hybridized carbons (Fsp3) is 0.545. The Morgan fingerprint density at radius 3 is 2.69 bits per heavy atom. The first kappa shape index (κ1) is 9.15. The fourth-order valence-corrected chi connectivity index (χ4v) is 2.61. The number of rotatable bonds is 1. The van der Waals surface area contributed by atoms with E-state index in [1.165, 1.54) is 37.7 Å². The molecule has 0 saturated heterocycles. The molecule has 0 spiro atoms. The Bertz CT molecular complexity index is 279. The topological polar surface area (TPSA) is 12.9 Å². The molecule has 0 aromatic carbocycles. The van der Waals surface area contributed by atoms with Crippen molar-refractivity contribution < 1.29 is 0 Å². The van der Waals surface area contributed by atoms with E-state index in [0.717, 1.165) is 11.4 Å². The van der Waals surface area contributed by atoms with Crippen molar-refractivity contribution in [3.63, 3.8) is 0 Å². The number of hydrogen-bond donors (Lipinski definition) is 0. The Hall–Kier alpha value is -0.420. The van der Waals surface area contributed by atoms with Crippen molar-refractivity contribution in [3.05, 3.63) is 23.9 Å². The Labute approximate surface area is 82.2 Å². The van der Waals surface area contributed by atoms with E-state index in [0.29, 0.717) is 0 Å². The van der Waals surface area contributed by atoms with Crippen LogP contribution in [-0.2, 0) is 0 Å². The summed E-state index contributed by atoms with van der Waals surface area (Å²) in [5, 5.41) is 0. The minimum Gasteiger partial charge on any atom is -0.257 e. The van der Waals surface area contributed by atoms with Gasteiger partial charge in [-0.05, 0) is 30.4 Å². The first-order chi connectivity index (χ1) is 6.38. The van der Waals surface area contributed by atoms with Gasteiger partial charge in [0, 0.05) is 6.20 Å². The minimum absolute atomic E-state index is 0.773. The second-order valence-electron chi connectivity index (χ2n) is 3.81. The number of hydrogen-bond acceptors (Lipinski definition) is 1. The zero-order chi connectivity index (χ0) is 9.10. The summed E-state index contributed by atoms with van der Waals surface area (Å²) >= 11 is 0. The molecule has 2 heteroatoms. The minimum atomic E-state index is 0.773. The summed E-state index contributed by atoms with van der Waals surface area (Å²) in [6.45, 7) is 0. The zero-order valence-electron chi connectivity index (χ0n) is 7.87. The molecule has 2 rings (SSSR count). The number of aromatic nitrogens is 1. The summed E-state index contributed by atoms with van der Waals surface area (Å²) in [5.41, 5.74) is 2.60. The standard InChI is InChI=1S/C11H16NP/c13-11-10(7-4-8-12-11)9-5-2-1-3-6-9/h4,7-9H,1-3,5-6,13H2. The summed E-state index contributed by atoms with van der Waals surface area (Å²) < 4.78 is 0. The Morgan fingerprint density at radius 2 is 2.00 bits per heavy atom. The normalized spacial score (nSPS) is 18.8. The smallest absolute Gasteiger partial charge is 0.0603 e. The molecule has 1 fully saturated rings. The lowest BCUT2D eigenvalue weighted by Crippen LogP contribution is -2.13. The van der Waals surface area contributed by atoms with Crippen LogP contribution in [0.15, 0.2) is 18.3 Å². The van der Waals surface area contributed by atoms with Gasteiger partial charge in [-0.2, -0.15) is 0 Å². The molecule has 1 aromatic heterocycles. The van der Waals surface area contributed by atoms with E-state index in [1.807, 2.05) is 6.20 Å². The van der Waals surface area contributed by atoms with Crippen LogP contribution in [0.5, 0.6) is 0 Å². The first-order valence-electron chi connectivity index (χ1n) is 5.08. The van der Waals surface area contributed by atoms with Crippen LogP contribution in [-0.4, -0.2) is 4.98 Å². The molecule has 1 aliphatic carbocycles. The van der Waals surface area contributed by atoms with Crippen LogP contribution in [0, 0.1) is 0 Å². The lowest BCUT2D eigenvalue weighted by Gasteiger charge is -2.22. The van der Waals surface area contributed by atoms with E-state index in [-0.39, 0.29) is 0 Å². The van der Waals surface area contributed by atoms with Gasteiger partial charge in [-0.15, -0.1) is 0 Å². The Kier molecular flexibility index (Phi) is 2.95. The molecule has 1 heterocycles. The molecular formula is C11H16NP. The number of pyridine rings is 1. The molecule has 0 N–H and O–H groups in total. The zero-order valence-corrected chi connectivity index (χ0v) is 9.02. The van der Waals surface area contributed by atoms with E-state index < -0.39 is 0 Å². The van der Waals surface area contributed by atoms with Crippen molar-refractivity contribution in [1.29, 1.82) is 0 Å². The molecule has 1 unspecified atom stereocenters. The molecule has 0 bridgehead atoms. The van der Waals surface area contributed by atoms with E-state index in [4.69, 9.17) is 0 Å². The van der Waals surface area contributed by atoms with E-state index in [2.05, 4.69) is 26.4 Å². The van der Waals surface area contributed by atoms with Crippen molar-refractivity contribution in [2.75, 3.05) is 0 Å². The van der Waals surface area contributed by atoms with Crippen LogP contribution in [0.4, 0.5) is 0 Å². The molecule has 1 saturated carbocycles. The molecule has 0 aliphatic heterocycles. The van der Waals surface area contributed by atoms with Gasteiger partial charge in [0.25, 0.3) is 0 Å². The molecule has 13 heavy (non-hydrogen) atoms. The quantitative estimate of drug-likeness (QED) is 0.625. The highest BCUT2D eigenvalue weighted by molar-refractivity contribution is 7.27. The second-order valence-corrected chi connectivity index (χ2v) is 4.36. The van der Waals surface area contributed by atoms with Gasteiger partial charge >= 0.3 is 0 Å². The Morgan fingerprint density at radius 1 is 1.23 bits per heavy atom. The van der Waals surface area contributed by atoms with Crippen molar-refractivity contribution >= 4 is 14.7 Å². The van der Waals surface area contributed by atoms with Crippen LogP contribution >= 0.6 is 9.24 Å². The summed E-state index contributed by atoms with van der Waals surface area (Å²) in [6, 6.07) is 4.28. The maximum Gasteiger partial charge on any atom is 0.0603 e. The third kappa shape index (κ3) is 2.08. The lowest BCUT2D eigenvalue weighted by atomic mass is 9.85. The summed E-state index contributed by atoms with van der Waals surface area (Å²) in [7, 11) is 2.75. The maximum absolute atomic E-state index is 4.32. The predicted molar refractivity (Wildman–Crippen MR) is 59.4 cm³/mol. The average Bonchev–Trinajstić information content (AvgIpc) is 2.20. The van der Waals surface area contributed by atoms with Gasteiger partial charge < -0.3 is 0 Å². The van der Waals surface area contributed by atoms with Gasteiger partial charge in [-0.1, -0.05) is 34.6 Å². The lowest BCUT2D eigenvalue weighted by molar-refractivity contribution is 0.444. The van der Waals surface area contributed by atoms with Crippen LogP contribution in [0.1, 0.15) is 43.6 Å². The highest BCUT2D eigenvalue weighted by Crippen LogP contribution is 2.31. The van der Waals surface area contributed by atoms with Gasteiger partial charge in [-0.3, -0.25) is 4.98 Å². The predicted octanol–water partition coefficient (Wildman–Crippen LogP) is 2.63. The van der Waals surface area contributed by atoms with Crippen LogP contribution in [0.2, 0.25) is 0 Å². The van der Waals surface area contributed by atoms with E-state index in [9.17, 15) is 0 Å². The highest BCUT2D eigenvalue weighted by Gasteiger charge is 2.16. The van der Waals surface area contributed by atoms with Gasteiger partial charge in [0.2, 0.25) is 0 Å². The second kappa shape index (κ2) is 4.19. The van der Waals surface area contributed by atoms with Crippen LogP contribution in [0.3, 0.4) is 0 Å². The molecular weight excluding hydrogens is 177 g/mol. The molecule has 0 amide bonds. The van der Waals surface area contributed by atoms with Crippen LogP contribution < -0.4 is 5.44 Å². The molecule has 1 aliphatic rings. The third-order valence-corrected chi connectivity index (χ3v) is 3.40. The largest absolute Gasteiger partial charge is 0.257 e. The molecule has 0 radical (unpaired) electrons. The van der Waals surface area contributed by atoms with E-state index >= 15 is 0 Å². The van der Waals surface area contributed by atoms with Crippen molar-refractivity contribution in [1.82, 2.24) is 4.98 Å². The molecule has 1 aromatic rings. The first-order valence-corrected chi connectivity index (χ1v) is 5.66. The van der Waals surface area contributed by atoms with Crippen molar-refractivity contribution in [2.24, 2.45) is 0 Å². The fourth-order valence-electron chi connectivity index (χ4n) is 2.19. The van der Waals surface area contributed by atoms with Gasteiger partial charge in [0.1, 0.15) is 0 Å². The summed E-state index contributed by atoms with van der Waals surface area (Å²) in [5.74, 6) is 0.773. The van der Waals surface area contributed by atoms with Crippen LogP contribution in [0.25, 0.3) is 0 Å². The summed E-state index contributed by atoms with van der Waals surface area (Å²) in [6.07, 6.45) is 8.78. The van der Waals surface area contributed by atoms with Crippen molar-refractivity contribution in [2.45, 2.75) is 38.0 Å². The van der Waals surface area contributed by atoms with Crippen molar-refractivity contribution in [3.8, 4) is 0 Å². The third-order valence-electron chi connectivity index (χ3n) is 2.92. The molecule has 1 atom stereocenters. The van der Waals surface area contributed by atoms with E-state index in [1.54, 1.807) is 0 Å².